The van der Waals surface area contributed by atoms with Crippen molar-refractivity contribution in [2.45, 2.75) is 29.1 Å². The zero-order chi connectivity index (χ0) is 29.6. The van der Waals surface area contributed by atoms with Gasteiger partial charge in [0.15, 0.2) is 15.3 Å². The standard InChI is InChI=1S/C23H19F3N8O4S3/c1-2-39-22-32-30-20(41-22)28-18(35)12-40-21-31-29-17(33(21)16-5-3-4-14(10-16)23(24,25)26)11-27-19(36)13-6-8-15(9-7-13)34(37)38/h3-10H,2,11-12H2,1H3,(H,27,36)(H,28,30,35). The highest BCUT2D eigenvalue weighted by Gasteiger charge is 2.31. The molecule has 2 aromatic carbocycles. The number of nitro benzene ring substituents is 1. The van der Waals surface area contributed by atoms with Crippen LogP contribution in [0.4, 0.5) is 24.0 Å². The van der Waals surface area contributed by atoms with Crippen molar-refractivity contribution in [3.8, 4) is 5.69 Å². The highest BCUT2D eigenvalue weighted by atomic mass is 32.2. The lowest BCUT2D eigenvalue weighted by molar-refractivity contribution is -0.384. The number of alkyl halides is 3. The van der Waals surface area contributed by atoms with Crippen LogP contribution in [0.3, 0.4) is 0 Å². The first-order chi connectivity index (χ1) is 19.5. The lowest BCUT2D eigenvalue weighted by Crippen LogP contribution is -2.24. The van der Waals surface area contributed by atoms with Crippen LogP contribution >= 0.6 is 34.9 Å². The number of hydrogen-bond acceptors (Lipinski definition) is 11. The number of rotatable bonds is 11. The Labute approximate surface area is 242 Å². The zero-order valence-electron chi connectivity index (χ0n) is 20.9. The summed E-state index contributed by atoms with van der Waals surface area (Å²) >= 11 is 3.61. The maximum absolute atomic E-state index is 13.4. The molecule has 18 heteroatoms. The van der Waals surface area contributed by atoms with Crippen molar-refractivity contribution in [1.29, 1.82) is 0 Å². The molecule has 0 radical (unpaired) electrons. The Morgan fingerprint density at radius 2 is 1.83 bits per heavy atom. The molecule has 2 amide bonds. The van der Waals surface area contributed by atoms with E-state index in [0.717, 1.165) is 29.6 Å². The molecule has 4 rings (SSSR count). The van der Waals surface area contributed by atoms with Crippen LogP contribution < -0.4 is 10.6 Å². The third kappa shape index (κ3) is 7.80. The quantitative estimate of drug-likeness (QED) is 0.103. The second kappa shape index (κ2) is 13.1. The van der Waals surface area contributed by atoms with Crippen molar-refractivity contribution in [2.24, 2.45) is 0 Å². The molecule has 0 saturated heterocycles. The van der Waals surface area contributed by atoms with Gasteiger partial charge in [-0.2, -0.15) is 13.2 Å². The van der Waals surface area contributed by atoms with E-state index in [1.54, 1.807) is 0 Å². The third-order valence-corrected chi connectivity index (χ3v) is 7.92. The average molecular weight is 625 g/mol. The van der Waals surface area contributed by atoms with E-state index in [9.17, 15) is 32.9 Å². The second-order valence-corrected chi connectivity index (χ2v) is 11.3. The number of nitro groups is 1. The summed E-state index contributed by atoms with van der Waals surface area (Å²) < 4.78 is 42.3. The van der Waals surface area contributed by atoms with Gasteiger partial charge in [0.25, 0.3) is 11.6 Å². The van der Waals surface area contributed by atoms with Crippen molar-refractivity contribution in [1.82, 2.24) is 30.3 Å². The van der Waals surface area contributed by atoms with Crippen LogP contribution in [0, 0.1) is 10.1 Å². The molecule has 0 unspecified atom stereocenters. The molecule has 0 aliphatic rings. The Bertz CT molecular complexity index is 1560. The third-order valence-electron chi connectivity index (χ3n) is 5.13. The van der Waals surface area contributed by atoms with Crippen LogP contribution in [0.25, 0.3) is 5.69 Å². The van der Waals surface area contributed by atoms with Gasteiger partial charge in [-0.15, -0.1) is 20.4 Å². The minimum Gasteiger partial charge on any atom is -0.345 e. The van der Waals surface area contributed by atoms with Crippen molar-refractivity contribution in [3.63, 3.8) is 0 Å². The van der Waals surface area contributed by atoms with E-state index in [0.29, 0.717) is 9.47 Å². The largest absolute Gasteiger partial charge is 0.416 e. The Morgan fingerprint density at radius 1 is 1.07 bits per heavy atom. The van der Waals surface area contributed by atoms with Gasteiger partial charge in [0, 0.05) is 17.7 Å². The molecule has 0 aliphatic heterocycles. The van der Waals surface area contributed by atoms with Gasteiger partial charge in [0.05, 0.1) is 28.5 Å². The summed E-state index contributed by atoms with van der Waals surface area (Å²) in [6.45, 7) is 1.71. The number of carbonyl (C=O) groups is 2. The summed E-state index contributed by atoms with van der Waals surface area (Å²) in [5.74, 6) is -0.314. The number of halogens is 3. The second-order valence-electron chi connectivity index (χ2n) is 7.91. The first kappa shape index (κ1) is 29.9. The number of non-ortho nitro benzene ring substituents is 1. The van der Waals surface area contributed by atoms with Gasteiger partial charge in [-0.25, -0.2) is 0 Å². The molecule has 214 valence electrons. The Kier molecular flexibility index (Phi) is 9.56. The molecule has 41 heavy (non-hydrogen) atoms. The predicted molar refractivity (Wildman–Crippen MR) is 146 cm³/mol. The molecule has 0 fully saturated rings. The zero-order valence-corrected chi connectivity index (χ0v) is 23.4. The molecule has 12 nitrogen and oxygen atoms in total. The number of benzene rings is 2. The van der Waals surface area contributed by atoms with E-state index >= 15 is 0 Å². The van der Waals surface area contributed by atoms with E-state index in [-0.39, 0.29) is 40.2 Å². The first-order valence-electron chi connectivity index (χ1n) is 11.6. The predicted octanol–water partition coefficient (Wildman–Crippen LogP) is 4.82. The first-order valence-corrected chi connectivity index (χ1v) is 14.4. The van der Waals surface area contributed by atoms with Crippen LogP contribution in [-0.2, 0) is 17.5 Å². The molecule has 0 bridgehead atoms. The molecule has 0 saturated carbocycles. The Balaban J connectivity index is 1.53. The average Bonchev–Trinajstić information content (AvgIpc) is 3.56. The minimum absolute atomic E-state index is 0.0673. The Hall–Kier alpha value is -4.03. The van der Waals surface area contributed by atoms with Crippen LogP contribution in [0.15, 0.2) is 58.0 Å². The maximum atomic E-state index is 13.4. The van der Waals surface area contributed by atoms with Gasteiger partial charge < -0.3 is 5.32 Å². The molecular weight excluding hydrogens is 606 g/mol. The van der Waals surface area contributed by atoms with Crippen molar-refractivity contribution >= 4 is 57.5 Å². The number of amides is 2. The molecule has 0 atom stereocenters. The molecule has 0 aliphatic carbocycles. The number of hydrogen-bond donors (Lipinski definition) is 2. The van der Waals surface area contributed by atoms with E-state index in [4.69, 9.17) is 0 Å². The molecule has 4 aromatic rings. The van der Waals surface area contributed by atoms with E-state index in [1.807, 2.05) is 6.92 Å². The van der Waals surface area contributed by atoms with Crippen molar-refractivity contribution < 1.29 is 27.7 Å². The van der Waals surface area contributed by atoms with Crippen LogP contribution in [-0.4, -0.2) is 53.2 Å². The van der Waals surface area contributed by atoms with Gasteiger partial charge in [-0.05, 0) is 36.1 Å². The monoisotopic (exact) mass is 624 g/mol. The molecule has 0 spiro atoms. The van der Waals surface area contributed by atoms with Crippen molar-refractivity contribution in [3.05, 3.63) is 75.6 Å². The number of carbonyl (C=O) groups excluding carboxylic acids is 2. The molecule has 2 aromatic heterocycles. The van der Waals surface area contributed by atoms with Crippen LogP contribution in [0.1, 0.15) is 28.7 Å². The number of anilines is 1. The maximum Gasteiger partial charge on any atom is 0.416 e. The van der Waals surface area contributed by atoms with Gasteiger partial charge in [-0.3, -0.25) is 29.6 Å². The van der Waals surface area contributed by atoms with Gasteiger partial charge in [0.1, 0.15) is 0 Å². The summed E-state index contributed by atoms with van der Waals surface area (Å²) in [4.78, 5) is 35.4. The summed E-state index contributed by atoms with van der Waals surface area (Å²) in [5.41, 5.74) is -0.903. The van der Waals surface area contributed by atoms with E-state index in [2.05, 4.69) is 31.0 Å². The van der Waals surface area contributed by atoms with Gasteiger partial charge >= 0.3 is 6.18 Å². The molecule has 2 heterocycles. The SMILES string of the molecule is CCSc1nnc(NC(=O)CSc2nnc(CNC(=O)c3ccc([N+](=O)[O-])cc3)n2-c2cccc(C(F)(F)F)c2)s1. The summed E-state index contributed by atoms with van der Waals surface area (Å²) in [6, 6.07) is 9.34. The molecular formula is C23H19F3N8O4S3. The van der Waals surface area contributed by atoms with E-state index in [1.165, 1.54) is 64.1 Å². The summed E-state index contributed by atoms with van der Waals surface area (Å²) in [6.07, 6.45) is -4.61. The van der Waals surface area contributed by atoms with Gasteiger partial charge in [0.2, 0.25) is 11.0 Å². The lowest BCUT2D eigenvalue weighted by Gasteiger charge is -2.13. The fourth-order valence-corrected chi connectivity index (χ4v) is 5.75. The van der Waals surface area contributed by atoms with Gasteiger partial charge in [-0.1, -0.05) is 47.9 Å². The normalized spacial score (nSPS) is 11.3. The highest BCUT2D eigenvalue weighted by molar-refractivity contribution is 8.01. The number of nitrogens with one attached hydrogen (secondary N) is 2. The summed E-state index contributed by atoms with van der Waals surface area (Å²) in [7, 11) is 0. The smallest absolute Gasteiger partial charge is 0.345 e. The fraction of sp³-hybridized carbons (Fsp3) is 0.217. The Morgan fingerprint density at radius 3 is 2.51 bits per heavy atom. The number of aromatic nitrogens is 5. The lowest BCUT2D eigenvalue weighted by atomic mass is 10.2. The van der Waals surface area contributed by atoms with Crippen LogP contribution in [0.5, 0.6) is 0 Å². The fourth-order valence-electron chi connectivity index (χ4n) is 3.31. The summed E-state index contributed by atoms with van der Waals surface area (Å²) in [5, 5.41) is 32.4. The van der Waals surface area contributed by atoms with Crippen LogP contribution in [0.2, 0.25) is 0 Å². The van der Waals surface area contributed by atoms with Crippen molar-refractivity contribution in [2.75, 3.05) is 16.8 Å². The number of nitrogens with zero attached hydrogens (tertiary/aromatic N) is 6. The van der Waals surface area contributed by atoms with E-state index < -0.39 is 28.5 Å². The molecule has 2 N–H and O–H groups in total. The number of thioether (sulfide) groups is 2. The highest BCUT2D eigenvalue weighted by Crippen LogP contribution is 2.32. The minimum atomic E-state index is -4.61. The topological polar surface area (TPSA) is 158 Å².